The normalized spacial score (nSPS) is 14.6. The van der Waals surface area contributed by atoms with Gasteiger partial charge in [-0.2, -0.15) is 13.2 Å². The zero-order chi connectivity index (χ0) is 27.0. The molecule has 0 unspecified atom stereocenters. The fourth-order valence-electron chi connectivity index (χ4n) is 4.56. The zero-order valence-electron chi connectivity index (χ0n) is 21.0. The van der Waals surface area contributed by atoms with Crippen LogP contribution in [-0.2, 0) is 6.18 Å². The first-order valence-electron chi connectivity index (χ1n) is 12.1. The Morgan fingerprint density at radius 3 is 2.53 bits per heavy atom. The third-order valence-electron chi connectivity index (χ3n) is 6.82. The van der Waals surface area contributed by atoms with Crippen LogP contribution in [0.1, 0.15) is 15.9 Å². The number of alkyl halides is 3. The molecule has 0 spiro atoms. The largest absolute Gasteiger partial charge is 0.416 e. The summed E-state index contributed by atoms with van der Waals surface area (Å²) in [7, 11) is 3.52. The molecule has 1 saturated heterocycles. The molecule has 11 heteroatoms. The number of aromatic amines is 1. The van der Waals surface area contributed by atoms with E-state index >= 15 is 0 Å². The lowest BCUT2D eigenvalue weighted by atomic mass is 10.1. The molecule has 2 heterocycles. The SMILES string of the molecule is CN1CCN(c2cc(C(=O)N(C)c3ccc4nc(-c5cccc(NN)c5)[nH]c4c3)cc(C(F)(F)F)c2)CC1. The monoisotopic (exact) mass is 523 g/mol. The average molecular weight is 524 g/mol. The summed E-state index contributed by atoms with van der Waals surface area (Å²) in [6.07, 6.45) is -4.57. The van der Waals surface area contributed by atoms with Crippen LogP contribution in [0.5, 0.6) is 0 Å². The Hall–Kier alpha value is -4.09. The van der Waals surface area contributed by atoms with Crippen LogP contribution >= 0.6 is 0 Å². The van der Waals surface area contributed by atoms with E-state index in [9.17, 15) is 18.0 Å². The summed E-state index contributed by atoms with van der Waals surface area (Å²) in [5.74, 6) is 5.59. The number of rotatable bonds is 5. The van der Waals surface area contributed by atoms with Crippen molar-refractivity contribution in [2.24, 2.45) is 5.84 Å². The molecule has 4 aromatic rings. The summed E-state index contributed by atoms with van der Waals surface area (Å²) in [6.45, 7) is 2.64. The molecule has 1 fully saturated rings. The number of carbonyl (C=O) groups excluding carboxylic acids is 1. The van der Waals surface area contributed by atoms with Gasteiger partial charge >= 0.3 is 6.18 Å². The van der Waals surface area contributed by atoms with Crippen molar-refractivity contribution in [3.05, 3.63) is 71.8 Å². The Bertz CT molecular complexity index is 1480. The zero-order valence-corrected chi connectivity index (χ0v) is 21.0. The van der Waals surface area contributed by atoms with Gasteiger partial charge in [-0.25, -0.2) is 4.98 Å². The number of nitrogen functional groups attached to an aromatic ring is 1. The second kappa shape index (κ2) is 9.99. The molecule has 1 aliphatic rings. The van der Waals surface area contributed by atoms with Crippen LogP contribution < -0.4 is 21.1 Å². The number of hydrazine groups is 1. The quantitative estimate of drug-likeness (QED) is 0.262. The molecule has 198 valence electrons. The van der Waals surface area contributed by atoms with E-state index in [0.717, 1.165) is 36.5 Å². The second-order valence-electron chi connectivity index (χ2n) is 9.43. The fraction of sp³-hybridized carbons (Fsp3) is 0.259. The number of fused-ring (bicyclic) bond motifs is 1. The molecule has 1 aromatic heterocycles. The number of aromatic nitrogens is 2. The van der Waals surface area contributed by atoms with Gasteiger partial charge in [-0.15, -0.1) is 0 Å². The van der Waals surface area contributed by atoms with E-state index in [1.165, 1.54) is 4.90 Å². The van der Waals surface area contributed by atoms with Crippen molar-refractivity contribution in [1.29, 1.82) is 0 Å². The van der Waals surface area contributed by atoms with E-state index < -0.39 is 17.6 Å². The molecular formula is C27H28F3N7O. The molecule has 0 radical (unpaired) electrons. The minimum absolute atomic E-state index is 0.0206. The standard InChI is InChI=1S/C27H28F3N7O/c1-35-8-10-37(11-9-35)22-14-18(12-19(15-22)27(28,29)30)26(38)36(2)21-6-7-23-24(16-21)33-25(32-23)17-4-3-5-20(13-17)34-31/h3-7,12-16,34H,8-11,31H2,1-2H3,(H,32,33). The van der Waals surface area contributed by atoms with Gasteiger partial charge in [-0.1, -0.05) is 12.1 Å². The highest BCUT2D eigenvalue weighted by Gasteiger charge is 2.33. The van der Waals surface area contributed by atoms with Crippen molar-refractivity contribution in [3.8, 4) is 11.4 Å². The van der Waals surface area contributed by atoms with Crippen molar-refractivity contribution in [3.63, 3.8) is 0 Å². The van der Waals surface area contributed by atoms with Crippen LogP contribution in [0.2, 0.25) is 0 Å². The van der Waals surface area contributed by atoms with E-state index in [4.69, 9.17) is 5.84 Å². The number of H-pyrrole nitrogens is 1. The number of hydrogen-bond donors (Lipinski definition) is 3. The smallest absolute Gasteiger partial charge is 0.369 e. The number of hydrogen-bond acceptors (Lipinski definition) is 6. The Morgan fingerprint density at radius 2 is 1.82 bits per heavy atom. The molecular weight excluding hydrogens is 495 g/mol. The van der Waals surface area contributed by atoms with Crippen molar-refractivity contribution < 1.29 is 18.0 Å². The topological polar surface area (TPSA) is 93.5 Å². The summed E-state index contributed by atoms with van der Waals surface area (Å²) in [6, 6.07) is 16.2. The van der Waals surface area contributed by atoms with Gasteiger partial charge in [0.1, 0.15) is 5.82 Å². The number of likely N-dealkylation sites (N-methyl/N-ethyl adjacent to an activating group) is 1. The van der Waals surface area contributed by atoms with Gasteiger partial charge in [0.05, 0.1) is 16.6 Å². The predicted molar refractivity (Wildman–Crippen MR) is 143 cm³/mol. The second-order valence-corrected chi connectivity index (χ2v) is 9.43. The first-order chi connectivity index (χ1) is 18.1. The van der Waals surface area contributed by atoms with Gasteiger partial charge in [0.15, 0.2) is 0 Å². The number of anilines is 3. The lowest BCUT2D eigenvalue weighted by molar-refractivity contribution is -0.137. The summed E-state index contributed by atoms with van der Waals surface area (Å²) in [5, 5.41) is 0. The average Bonchev–Trinajstić information content (AvgIpc) is 3.35. The molecule has 4 N–H and O–H groups in total. The number of nitrogens with two attached hydrogens (primary N) is 1. The van der Waals surface area contributed by atoms with Crippen molar-refractivity contribution in [2.75, 3.05) is 55.5 Å². The summed E-state index contributed by atoms with van der Waals surface area (Å²) >= 11 is 0. The minimum atomic E-state index is -4.57. The number of carbonyl (C=O) groups is 1. The number of halogens is 3. The number of nitrogens with one attached hydrogen (secondary N) is 2. The van der Waals surface area contributed by atoms with Gasteiger partial charge in [0.2, 0.25) is 0 Å². The van der Waals surface area contributed by atoms with Gasteiger partial charge < -0.3 is 25.1 Å². The number of piperazine rings is 1. The molecule has 38 heavy (non-hydrogen) atoms. The maximum absolute atomic E-state index is 13.8. The molecule has 5 rings (SSSR count). The van der Waals surface area contributed by atoms with Gasteiger partial charge in [-0.05, 0) is 55.6 Å². The molecule has 3 aromatic carbocycles. The molecule has 8 nitrogen and oxygen atoms in total. The highest BCUT2D eigenvalue weighted by molar-refractivity contribution is 6.07. The van der Waals surface area contributed by atoms with Crippen LogP contribution in [-0.4, -0.2) is 61.0 Å². The van der Waals surface area contributed by atoms with E-state index in [0.29, 0.717) is 41.3 Å². The van der Waals surface area contributed by atoms with Gasteiger partial charge in [0.25, 0.3) is 5.91 Å². The lowest BCUT2D eigenvalue weighted by Crippen LogP contribution is -2.44. The number of amides is 1. The predicted octanol–water partition coefficient (Wildman–Crippen LogP) is 4.56. The number of benzene rings is 3. The fourth-order valence-corrected chi connectivity index (χ4v) is 4.56. The van der Waals surface area contributed by atoms with Crippen LogP contribution in [0.15, 0.2) is 60.7 Å². The van der Waals surface area contributed by atoms with Crippen LogP contribution in [0, 0.1) is 0 Å². The maximum atomic E-state index is 13.8. The van der Waals surface area contributed by atoms with Crippen LogP contribution in [0.4, 0.5) is 30.2 Å². The van der Waals surface area contributed by atoms with Crippen molar-refractivity contribution in [1.82, 2.24) is 14.9 Å². The summed E-state index contributed by atoms with van der Waals surface area (Å²) < 4.78 is 41.3. The van der Waals surface area contributed by atoms with E-state index in [1.54, 1.807) is 31.3 Å². The highest BCUT2D eigenvalue weighted by atomic mass is 19.4. The number of imidazole rings is 1. The molecule has 0 atom stereocenters. The van der Waals surface area contributed by atoms with Crippen LogP contribution in [0.3, 0.4) is 0 Å². The highest BCUT2D eigenvalue weighted by Crippen LogP contribution is 2.34. The Kier molecular flexibility index (Phi) is 6.72. The molecule has 1 aliphatic heterocycles. The van der Waals surface area contributed by atoms with E-state index in [-0.39, 0.29) is 5.56 Å². The minimum Gasteiger partial charge on any atom is -0.369 e. The molecule has 0 aliphatic carbocycles. The number of nitrogens with zero attached hydrogens (tertiary/aromatic N) is 4. The van der Waals surface area contributed by atoms with Gasteiger partial charge in [-0.3, -0.25) is 10.6 Å². The molecule has 0 saturated carbocycles. The summed E-state index contributed by atoms with van der Waals surface area (Å²) in [4.78, 5) is 26.6. The van der Waals surface area contributed by atoms with Crippen molar-refractivity contribution in [2.45, 2.75) is 6.18 Å². The first-order valence-corrected chi connectivity index (χ1v) is 12.1. The van der Waals surface area contributed by atoms with E-state index in [2.05, 4.69) is 20.3 Å². The Morgan fingerprint density at radius 1 is 1.05 bits per heavy atom. The van der Waals surface area contributed by atoms with E-state index in [1.807, 2.05) is 36.2 Å². The summed E-state index contributed by atoms with van der Waals surface area (Å²) in [5.41, 5.74) is 5.58. The third kappa shape index (κ3) is 5.15. The Labute approximate surface area is 217 Å². The third-order valence-corrected chi connectivity index (χ3v) is 6.82. The van der Waals surface area contributed by atoms with Crippen LogP contribution in [0.25, 0.3) is 22.4 Å². The molecule has 0 bridgehead atoms. The van der Waals surface area contributed by atoms with Gasteiger partial charge in [0, 0.05) is 61.4 Å². The maximum Gasteiger partial charge on any atom is 0.416 e. The molecule has 1 amide bonds. The lowest BCUT2D eigenvalue weighted by Gasteiger charge is -2.34. The van der Waals surface area contributed by atoms with Crippen molar-refractivity contribution >= 4 is 34.0 Å². The first kappa shape index (κ1) is 25.6. The Balaban J connectivity index is 1.45.